The molecule has 17 heavy (non-hydrogen) atoms. The van der Waals surface area contributed by atoms with Gasteiger partial charge in [0.2, 0.25) is 0 Å². The van der Waals surface area contributed by atoms with Gasteiger partial charge in [0.15, 0.2) is 0 Å². The first-order chi connectivity index (χ1) is 6.97. The SMILES string of the molecule is [C-]1=CC=CC1.[I-].[I-].[Ti+4].c1ccc2[cH-]ccc2c1. The number of fused-ring (bicyclic) bond motifs is 1. The molecule has 0 aliphatic heterocycles. The molecule has 86 valence electrons. The van der Waals surface area contributed by atoms with Crippen LogP contribution in [0.5, 0.6) is 0 Å². The largest absolute Gasteiger partial charge is 4.00 e. The zero-order valence-electron chi connectivity index (χ0n) is 9.24. The molecular formula is C14H12I2Ti. The average Bonchev–Trinajstić information content (AvgIpc) is 2.92. The topological polar surface area (TPSA) is 0 Å². The number of halogens is 2. The van der Waals surface area contributed by atoms with Crippen LogP contribution in [0, 0.1) is 6.08 Å². The summed E-state index contributed by atoms with van der Waals surface area (Å²) in [5, 5.41) is 2.66. The van der Waals surface area contributed by atoms with Gasteiger partial charge in [-0.3, -0.25) is 6.08 Å². The Kier molecular flexibility index (Phi) is 13.5. The molecule has 0 aromatic heterocycles. The zero-order valence-corrected chi connectivity index (χ0v) is 15.1. The van der Waals surface area contributed by atoms with Gasteiger partial charge in [0.1, 0.15) is 0 Å². The van der Waals surface area contributed by atoms with E-state index in [1.54, 1.807) is 0 Å². The van der Waals surface area contributed by atoms with Crippen molar-refractivity contribution in [2.24, 2.45) is 0 Å². The summed E-state index contributed by atoms with van der Waals surface area (Å²) in [6, 6.07) is 14.7. The maximum absolute atomic E-state index is 2.99. The van der Waals surface area contributed by atoms with Crippen LogP contribution < -0.4 is 48.0 Å². The maximum Gasteiger partial charge on any atom is 4.00 e. The van der Waals surface area contributed by atoms with E-state index in [1.807, 2.05) is 12.2 Å². The molecule has 1 aliphatic carbocycles. The van der Waals surface area contributed by atoms with Crippen LogP contribution >= 0.6 is 0 Å². The van der Waals surface area contributed by atoms with Crippen LogP contribution in [0.25, 0.3) is 10.8 Å². The van der Waals surface area contributed by atoms with Gasteiger partial charge in [-0.05, 0) is 0 Å². The Morgan fingerprint density at radius 3 is 2.35 bits per heavy atom. The van der Waals surface area contributed by atoms with Crippen LogP contribution in [0.2, 0.25) is 0 Å². The van der Waals surface area contributed by atoms with E-state index in [-0.39, 0.29) is 69.7 Å². The van der Waals surface area contributed by atoms with Crippen LogP contribution in [0.1, 0.15) is 6.42 Å². The predicted molar refractivity (Wildman–Crippen MR) is 61.1 cm³/mol. The fourth-order valence-corrected chi connectivity index (χ4v) is 1.41. The molecular weight excluding hydrogens is 470 g/mol. The van der Waals surface area contributed by atoms with E-state index in [0.29, 0.717) is 0 Å². The van der Waals surface area contributed by atoms with Crippen molar-refractivity contribution in [3.63, 3.8) is 0 Å². The summed E-state index contributed by atoms with van der Waals surface area (Å²) in [6.45, 7) is 0. The second-order valence-electron chi connectivity index (χ2n) is 3.16. The second kappa shape index (κ2) is 11.6. The van der Waals surface area contributed by atoms with Crippen molar-refractivity contribution >= 4 is 10.8 Å². The summed E-state index contributed by atoms with van der Waals surface area (Å²) in [5.41, 5.74) is 0. The van der Waals surface area contributed by atoms with Crippen LogP contribution in [0.4, 0.5) is 0 Å². The molecule has 0 fully saturated rings. The Balaban J connectivity index is 0. The quantitative estimate of drug-likeness (QED) is 0.229. The van der Waals surface area contributed by atoms with Gasteiger partial charge in [0, 0.05) is 0 Å². The Morgan fingerprint density at radius 2 is 1.82 bits per heavy atom. The minimum atomic E-state index is 0. The number of hydrogen-bond acceptors (Lipinski definition) is 0. The van der Waals surface area contributed by atoms with E-state index in [1.165, 1.54) is 10.8 Å². The zero-order chi connectivity index (χ0) is 9.64. The number of allylic oxidation sites excluding steroid dienone is 4. The van der Waals surface area contributed by atoms with Crippen LogP contribution in [0.3, 0.4) is 0 Å². The second-order valence-corrected chi connectivity index (χ2v) is 3.16. The molecule has 0 bridgehead atoms. The molecule has 0 saturated carbocycles. The molecule has 0 radical (unpaired) electrons. The van der Waals surface area contributed by atoms with Gasteiger partial charge in [-0.1, -0.05) is 6.07 Å². The Morgan fingerprint density at radius 1 is 1.06 bits per heavy atom. The number of rotatable bonds is 0. The van der Waals surface area contributed by atoms with Crippen molar-refractivity contribution in [1.29, 1.82) is 0 Å². The van der Waals surface area contributed by atoms with E-state index in [4.69, 9.17) is 0 Å². The minimum absolute atomic E-state index is 0. The minimum Gasteiger partial charge on any atom is -1.00 e. The third kappa shape index (κ3) is 6.84. The predicted octanol–water partition coefficient (Wildman–Crippen LogP) is -2.13. The Labute approximate surface area is 152 Å². The third-order valence-corrected chi connectivity index (χ3v) is 2.13. The monoisotopic (exact) mass is 482 g/mol. The van der Waals surface area contributed by atoms with Crippen LogP contribution in [0.15, 0.2) is 60.7 Å². The van der Waals surface area contributed by atoms with Crippen LogP contribution in [-0.4, -0.2) is 0 Å². The standard InChI is InChI=1S/C9H7.C5H5.2HI.Ti/c1-2-5-9-7-3-6-8(9)4-1;1-2-4-5-3-1;;;/h1-7H;1-3H,4H2;2*1H;/q2*-1;;;+4/p-2. The first-order valence-electron chi connectivity index (χ1n) is 4.79. The first kappa shape index (κ1) is 19.8. The maximum atomic E-state index is 2.99. The molecule has 3 rings (SSSR count). The summed E-state index contributed by atoms with van der Waals surface area (Å²) in [5.74, 6) is 0. The molecule has 0 amide bonds. The van der Waals surface area contributed by atoms with E-state index in [9.17, 15) is 0 Å². The van der Waals surface area contributed by atoms with Gasteiger partial charge < -0.3 is 48.0 Å². The first-order valence-corrected chi connectivity index (χ1v) is 4.79. The van der Waals surface area contributed by atoms with E-state index < -0.39 is 0 Å². The van der Waals surface area contributed by atoms with Crippen molar-refractivity contribution in [2.75, 3.05) is 0 Å². The molecule has 3 heteroatoms. The normalized spacial score (nSPS) is 10.6. The molecule has 0 saturated heterocycles. The van der Waals surface area contributed by atoms with Crippen molar-refractivity contribution < 1.29 is 69.7 Å². The third-order valence-electron chi connectivity index (χ3n) is 2.13. The summed E-state index contributed by atoms with van der Waals surface area (Å²) in [4.78, 5) is 0. The molecule has 0 atom stereocenters. The Hall–Kier alpha value is 0.484. The van der Waals surface area contributed by atoms with Gasteiger partial charge >= 0.3 is 21.7 Å². The fourth-order valence-electron chi connectivity index (χ4n) is 1.41. The summed E-state index contributed by atoms with van der Waals surface area (Å²) in [7, 11) is 0. The van der Waals surface area contributed by atoms with Gasteiger partial charge in [0.05, 0.1) is 0 Å². The molecule has 2 aromatic carbocycles. The molecule has 0 nitrogen and oxygen atoms in total. The fraction of sp³-hybridized carbons (Fsp3) is 0.0714. The molecule has 0 unspecified atom stereocenters. The van der Waals surface area contributed by atoms with Crippen molar-refractivity contribution in [3.05, 3.63) is 66.8 Å². The van der Waals surface area contributed by atoms with E-state index >= 15 is 0 Å². The van der Waals surface area contributed by atoms with E-state index in [0.717, 1.165) is 6.42 Å². The van der Waals surface area contributed by atoms with Crippen molar-refractivity contribution in [3.8, 4) is 0 Å². The van der Waals surface area contributed by atoms with Crippen molar-refractivity contribution in [1.82, 2.24) is 0 Å². The van der Waals surface area contributed by atoms with Gasteiger partial charge in [-0.25, -0.2) is 12.2 Å². The summed E-state index contributed by atoms with van der Waals surface area (Å²) < 4.78 is 0. The average molecular weight is 482 g/mol. The number of hydrogen-bond donors (Lipinski definition) is 0. The van der Waals surface area contributed by atoms with E-state index in [2.05, 4.69) is 54.6 Å². The molecule has 2 aromatic rings. The molecule has 0 spiro atoms. The number of benzene rings is 1. The van der Waals surface area contributed by atoms with Crippen LogP contribution in [-0.2, 0) is 21.7 Å². The Bertz CT molecular complexity index is 418. The van der Waals surface area contributed by atoms with Crippen molar-refractivity contribution in [2.45, 2.75) is 6.42 Å². The smallest absolute Gasteiger partial charge is 1.00 e. The summed E-state index contributed by atoms with van der Waals surface area (Å²) in [6.07, 6.45) is 10.0. The molecule has 1 aliphatic rings. The van der Waals surface area contributed by atoms with Gasteiger partial charge in [0.25, 0.3) is 0 Å². The van der Waals surface area contributed by atoms with Gasteiger partial charge in [-0.2, -0.15) is 23.6 Å². The molecule has 0 N–H and O–H groups in total. The molecule has 0 heterocycles. The van der Waals surface area contributed by atoms with Gasteiger partial charge in [-0.15, -0.1) is 36.1 Å². The summed E-state index contributed by atoms with van der Waals surface area (Å²) >= 11 is 0.